The number of hydrogen-bond donors (Lipinski definition) is 0. The lowest BCUT2D eigenvalue weighted by molar-refractivity contribution is -0.122. The summed E-state index contributed by atoms with van der Waals surface area (Å²) in [5, 5.41) is 0. The van der Waals surface area contributed by atoms with Gasteiger partial charge in [0.05, 0.1) is 0 Å². The zero-order chi connectivity index (χ0) is 8.97. The highest BCUT2D eigenvalue weighted by Crippen LogP contribution is 2.29. The van der Waals surface area contributed by atoms with Crippen molar-refractivity contribution in [3.05, 3.63) is 0 Å². The lowest BCUT2D eigenvalue weighted by Crippen LogP contribution is -2.24. The first-order valence-electron chi connectivity index (χ1n) is 4.68. The molecule has 1 aliphatic carbocycles. The Hall–Kier alpha value is -0.770. The van der Waals surface area contributed by atoms with E-state index in [0.717, 1.165) is 12.8 Å². The van der Waals surface area contributed by atoms with Gasteiger partial charge in [-0.3, -0.25) is 4.79 Å². The molecule has 0 aromatic carbocycles. The van der Waals surface area contributed by atoms with E-state index in [1.165, 1.54) is 12.8 Å². The fourth-order valence-electron chi connectivity index (χ4n) is 1.98. The van der Waals surface area contributed by atoms with E-state index in [1.807, 2.05) is 6.92 Å². The van der Waals surface area contributed by atoms with Gasteiger partial charge in [-0.15, -0.1) is 5.92 Å². The van der Waals surface area contributed by atoms with Crippen LogP contribution in [0.25, 0.3) is 0 Å². The normalized spacial score (nSPS) is 28.8. The highest BCUT2D eigenvalue weighted by Gasteiger charge is 2.26. The zero-order valence-electron chi connectivity index (χ0n) is 7.89. The van der Waals surface area contributed by atoms with E-state index in [0.29, 0.717) is 11.7 Å². The second-order valence-corrected chi connectivity index (χ2v) is 3.50. The molecule has 1 heteroatoms. The van der Waals surface area contributed by atoms with Crippen molar-refractivity contribution in [1.29, 1.82) is 0 Å². The average Bonchev–Trinajstić information content (AvgIpc) is 2.05. The lowest BCUT2D eigenvalue weighted by Gasteiger charge is -2.25. The first kappa shape index (κ1) is 9.32. The molecule has 0 aromatic heterocycles. The Labute approximate surface area is 74.5 Å². The van der Waals surface area contributed by atoms with Crippen LogP contribution < -0.4 is 0 Å². The van der Waals surface area contributed by atoms with Crippen molar-refractivity contribution in [2.24, 2.45) is 11.8 Å². The van der Waals surface area contributed by atoms with Crippen molar-refractivity contribution in [3.8, 4) is 11.8 Å². The van der Waals surface area contributed by atoms with E-state index in [-0.39, 0.29) is 5.92 Å². The number of hydrogen-bond acceptors (Lipinski definition) is 1. The quantitative estimate of drug-likeness (QED) is 0.544. The van der Waals surface area contributed by atoms with Crippen molar-refractivity contribution >= 4 is 5.78 Å². The summed E-state index contributed by atoms with van der Waals surface area (Å²) in [6, 6.07) is 0. The molecule has 1 nitrogen and oxygen atoms in total. The molecule has 0 saturated heterocycles. The first-order chi connectivity index (χ1) is 5.75. The SMILES string of the molecule is CC#C[C@@H]1CCCC[C@@H]1C(C)=O. The molecule has 1 fully saturated rings. The highest BCUT2D eigenvalue weighted by molar-refractivity contribution is 5.79. The van der Waals surface area contributed by atoms with E-state index in [4.69, 9.17) is 0 Å². The van der Waals surface area contributed by atoms with Crippen LogP contribution in [0.2, 0.25) is 0 Å². The van der Waals surface area contributed by atoms with Crippen molar-refractivity contribution in [2.45, 2.75) is 39.5 Å². The molecule has 1 rings (SSSR count). The van der Waals surface area contributed by atoms with Crippen LogP contribution in [0.15, 0.2) is 0 Å². The minimum atomic E-state index is 0.228. The predicted molar refractivity (Wildman–Crippen MR) is 49.6 cm³/mol. The highest BCUT2D eigenvalue weighted by atomic mass is 16.1. The van der Waals surface area contributed by atoms with E-state index in [1.54, 1.807) is 6.92 Å². The molecule has 0 amide bonds. The maximum atomic E-state index is 11.2. The second kappa shape index (κ2) is 4.30. The molecule has 0 aliphatic heterocycles. The monoisotopic (exact) mass is 164 g/mol. The van der Waals surface area contributed by atoms with E-state index in [2.05, 4.69) is 11.8 Å². The summed E-state index contributed by atoms with van der Waals surface area (Å²) in [5.41, 5.74) is 0. The molecule has 0 bridgehead atoms. The Morgan fingerprint density at radius 1 is 1.33 bits per heavy atom. The van der Waals surface area contributed by atoms with Crippen LogP contribution in [0.5, 0.6) is 0 Å². The fraction of sp³-hybridized carbons (Fsp3) is 0.727. The van der Waals surface area contributed by atoms with Gasteiger partial charge in [0.2, 0.25) is 0 Å². The van der Waals surface area contributed by atoms with Gasteiger partial charge >= 0.3 is 0 Å². The number of carbonyl (C=O) groups excluding carboxylic acids is 1. The molecule has 12 heavy (non-hydrogen) atoms. The van der Waals surface area contributed by atoms with Crippen LogP contribution in [0.4, 0.5) is 0 Å². The molecule has 1 aliphatic rings. The van der Waals surface area contributed by atoms with Gasteiger partial charge in [0.25, 0.3) is 0 Å². The zero-order valence-corrected chi connectivity index (χ0v) is 7.89. The molecular weight excluding hydrogens is 148 g/mol. The average molecular weight is 164 g/mol. The molecule has 0 heterocycles. The minimum absolute atomic E-state index is 0.228. The number of carbonyl (C=O) groups is 1. The van der Waals surface area contributed by atoms with E-state index in [9.17, 15) is 4.79 Å². The third-order valence-electron chi connectivity index (χ3n) is 2.62. The topological polar surface area (TPSA) is 17.1 Å². The smallest absolute Gasteiger partial charge is 0.134 e. The molecule has 0 aromatic rings. The summed E-state index contributed by atoms with van der Waals surface area (Å²) in [7, 11) is 0. The molecule has 1 saturated carbocycles. The van der Waals surface area contributed by atoms with Crippen LogP contribution in [0.1, 0.15) is 39.5 Å². The van der Waals surface area contributed by atoms with Crippen molar-refractivity contribution < 1.29 is 4.79 Å². The summed E-state index contributed by atoms with van der Waals surface area (Å²) in [6.07, 6.45) is 4.61. The van der Waals surface area contributed by atoms with Crippen molar-refractivity contribution in [3.63, 3.8) is 0 Å². The Balaban J connectivity index is 2.64. The summed E-state index contributed by atoms with van der Waals surface area (Å²) >= 11 is 0. The first-order valence-corrected chi connectivity index (χ1v) is 4.68. The Morgan fingerprint density at radius 3 is 2.58 bits per heavy atom. The number of rotatable bonds is 1. The minimum Gasteiger partial charge on any atom is -0.300 e. The molecule has 2 atom stereocenters. The van der Waals surface area contributed by atoms with Crippen LogP contribution in [-0.4, -0.2) is 5.78 Å². The molecule has 0 unspecified atom stereocenters. The van der Waals surface area contributed by atoms with Gasteiger partial charge in [-0.25, -0.2) is 0 Å². The second-order valence-electron chi connectivity index (χ2n) is 3.50. The molecule has 0 N–H and O–H groups in total. The van der Waals surface area contributed by atoms with Crippen LogP contribution in [0.3, 0.4) is 0 Å². The fourth-order valence-corrected chi connectivity index (χ4v) is 1.98. The van der Waals surface area contributed by atoms with Gasteiger partial charge in [-0.05, 0) is 26.7 Å². The Morgan fingerprint density at radius 2 is 2.00 bits per heavy atom. The maximum Gasteiger partial charge on any atom is 0.134 e. The summed E-state index contributed by atoms with van der Waals surface area (Å²) in [6.45, 7) is 3.55. The van der Waals surface area contributed by atoms with Crippen molar-refractivity contribution in [1.82, 2.24) is 0 Å². The molecule has 0 radical (unpaired) electrons. The van der Waals surface area contributed by atoms with Crippen LogP contribution in [0, 0.1) is 23.7 Å². The molecule has 0 spiro atoms. The summed E-state index contributed by atoms with van der Waals surface area (Å²) < 4.78 is 0. The van der Waals surface area contributed by atoms with Crippen molar-refractivity contribution in [2.75, 3.05) is 0 Å². The third kappa shape index (κ3) is 2.11. The van der Waals surface area contributed by atoms with E-state index < -0.39 is 0 Å². The standard InChI is InChI=1S/C11H16O/c1-3-6-10-7-4-5-8-11(10)9(2)12/h10-11H,4-5,7-8H2,1-2H3/t10-,11-/m1/s1. The number of Topliss-reactive ketones (excluding diaryl/α,β-unsaturated/α-hetero) is 1. The largest absolute Gasteiger partial charge is 0.300 e. The van der Waals surface area contributed by atoms with Crippen LogP contribution in [-0.2, 0) is 4.79 Å². The predicted octanol–water partition coefficient (Wildman–Crippen LogP) is 2.41. The van der Waals surface area contributed by atoms with Gasteiger partial charge in [0.1, 0.15) is 5.78 Å². The lowest BCUT2D eigenvalue weighted by atomic mass is 9.78. The van der Waals surface area contributed by atoms with Gasteiger partial charge in [0.15, 0.2) is 0 Å². The maximum absolute atomic E-state index is 11.2. The Bertz CT molecular complexity index is 219. The van der Waals surface area contributed by atoms with Crippen LogP contribution >= 0.6 is 0 Å². The van der Waals surface area contributed by atoms with Gasteiger partial charge in [0, 0.05) is 11.8 Å². The summed E-state index contributed by atoms with van der Waals surface area (Å²) in [5.74, 6) is 6.96. The van der Waals surface area contributed by atoms with Gasteiger partial charge in [-0.2, -0.15) is 0 Å². The summed E-state index contributed by atoms with van der Waals surface area (Å²) in [4.78, 5) is 11.2. The van der Waals surface area contributed by atoms with Gasteiger partial charge in [-0.1, -0.05) is 18.8 Å². The third-order valence-corrected chi connectivity index (χ3v) is 2.62. The molecular formula is C11H16O. The Kier molecular flexibility index (Phi) is 3.34. The molecule has 66 valence electrons. The number of ketones is 1. The van der Waals surface area contributed by atoms with E-state index >= 15 is 0 Å². The van der Waals surface area contributed by atoms with Gasteiger partial charge < -0.3 is 0 Å².